The summed E-state index contributed by atoms with van der Waals surface area (Å²) in [6.07, 6.45) is 40.0. The summed E-state index contributed by atoms with van der Waals surface area (Å²) in [7, 11) is 0. The maximum absolute atomic E-state index is 12.9. The van der Waals surface area contributed by atoms with Crippen molar-refractivity contribution in [1.82, 2.24) is 5.32 Å². The van der Waals surface area contributed by atoms with Gasteiger partial charge in [-0.2, -0.15) is 0 Å². The molecule has 0 aromatic carbocycles. The molecule has 9 heteroatoms. The van der Waals surface area contributed by atoms with Crippen molar-refractivity contribution in [3.8, 4) is 0 Å². The number of nitrogens with one attached hydrogen (secondary N) is 1. The van der Waals surface area contributed by atoms with Crippen LogP contribution >= 0.6 is 0 Å². The first-order valence-corrected chi connectivity index (χ1v) is 22.9. The maximum atomic E-state index is 12.9. The zero-order valence-corrected chi connectivity index (χ0v) is 35.6. The van der Waals surface area contributed by atoms with Crippen molar-refractivity contribution >= 4 is 5.91 Å². The minimum Gasteiger partial charge on any atom is -0.394 e. The van der Waals surface area contributed by atoms with Crippen LogP contribution in [0.15, 0.2) is 48.6 Å². The number of carbonyl (C=O) groups is 1. The van der Waals surface area contributed by atoms with Gasteiger partial charge >= 0.3 is 0 Å². The minimum atomic E-state index is -1.57. The fourth-order valence-electron chi connectivity index (χ4n) is 6.91. The Bertz CT molecular complexity index is 1010. The number of unbranched alkanes of at least 4 members (excludes halogenated alkanes) is 21. The molecule has 1 heterocycles. The molecule has 0 radical (unpaired) electrons. The van der Waals surface area contributed by atoms with Gasteiger partial charge in [0.1, 0.15) is 24.4 Å². The lowest BCUT2D eigenvalue weighted by Crippen LogP contribution is -2.60. The molecule has 56 heavy (non-hydrogen) atoms. The molecule has 1 amide bonds. The Labute approximate surface area is 342 Å². The molecule has 1 fully saturated rings. The van der Waals surface area contributed by atoms with Crippen LogP contribution in [-0.2, 0) is 14.3 Å². The molecule has 1 aliphatic rings. The third kappa shape index (κ3) is 27.7. The number of aliphatic hydroxyl groups is 5. The molecule has 0 aliphatic carbocycles. The van der Waals surface area contributed by atoms with Gasteiger partial charge in [0.15, 0.2) is 6.29 Å². The number of ether oxygens (including phenoxy) is 2. The average molecular weight is 792 g/mol. The van der Waals surface area contributed by atoms with Crippen LogP contribution in [0.1, 0.15) is 187 Å². The Kier molecular flexibility index (Phi) is 34.9. The Morgan fingerprint density at radius 3 is 1.62 bits per heavy atom. The third-order valence-corrected chi connectivity index (χ3v) is 10.6. The molecule has 7 atom stereocenters. The lowest BCUT2D eigenvalue weighted by molar-refractivity contribution is -0.302. The number of hydrogen-bond donors (Lipinski definition) is 6. The molecular weight excluding hydrogens is 707 g/mol. The molecular formula is C47H85NO8. The van der Waals surface area contributed by atoms with Gasteiger partial charge in [-0.3, -0.25) is 4.79 Å². The Balaban J connectivity index is 2.39. The molecule has 9 nitrogen and oxygen atoms in total. The van der Waals surface area contributed by atoms with Gasteiger partial charge in [0, 0.05) is 6.42 Å². The lowest BCUT2D eigenvalue weighted by Gasteiger charge is -2.40. The molecule has 0 aromatic rings. The summed E-state index contributed by atoms with van der Waals surface area (Å²) in [4.78, 5) is 12.9. The number of aliphatic hydroxyl groups excluding tert-OH is 5. The van der Waals surface area contributed by atoms with Crippen molar-refractivity contribution in [3.63, 3.8) is 0 Å². The predicted molar refractivity (Wildman–Crippen MR) is 230 cm³/mol. The van der Waals surface area contributed by atoms with Gasteiger partial charge in [-0.1, -0.05) is 165 Å². The standard InChI is InChI=1S/C47H85NO8/c1-3-5-7-9-11-13-15-17-19-20-21-23-25-27-29-31-33-35-37-43(51)48-40(39-55-47-46(54)45(53)44(52)42(38-49)56-47)41(50)36-34-32-30-28-26-24-22-18-16-14-12-10-8-6-4-2/h13,15,19-20,26,28,34,36,40-42,44-47,49-50,52-54H,3-12,14,16-18,21-25,27,29-33,35,37-39H2,1-2H3,(H,48,51)/b15-13-,20-19-,28-26+,36-34+. The van der Waals surface area contributed by atoms with Crippen LogP contribution in [0.5, 0.6) is 0 Å². The van der Waals surface area contributed by atoms with Crippen LogP contribution in [0, 0.1) is 0 Å². The van der Waals surface area contributed by atoms with E-state index < -0.39 is 49.5 Å². The summed E-state index contributed by atoms with van der Waals surface area (Å²) >= 11 is 0. The van der Waals surface area contributed by atoms with Crippen molar-refractivity contribution < 1.29 is 39.8 Å². The van der Waals surface area contributed by atoms with E-state index >= 15 is 0 Å². The summed E-state index contributed by atoms with van der Waals surface area (Å²) in [5.41, 5.74) is 0. The Hall–Kier alpha value is -1.85. The highest BCUT2D eigenvalue weighted by molar-refractivity contribution is 5.76. The van der Waals surface area contributed by atoms with Crippen LogP contribution in [0.4, 0.5) is 0 Å². The quantitative estimate of drug-likeness (QED) is 0.0269. The van der Waals surface area contributed by atoms with Crippen molar-refractivity contribution in [2.75, 3.05) is 13.2 Å². The van der Waals surface area contributed by atoms with E-state index in [0.29, 0.717) is 6.42 Å². The van der Waals surface area contributed by atoms with Crippen molar-refractivity contribution in [1.29, 1.82) is 0 Å². The van der Waals surface area contributed by atoms with Gasteiger partial charge in [0.2, 0.25) is 5.91 Å². The zero-order chi connectivity index (χ0) is 40.9. The fraction of sp³-hybridized carbons (Fsp3) is 0.809. The van der Waals surface area contributed by atoms with Crippen LogP contribution in [0.3, 0.4) is 0 Å². The topological polar surface area (TPSA) is 149 Å². The number of rotatable bonds is 37. The van der Waals surface area contributed by atoms with Crippen LogP contribution in [-0.4, -0.2) is 87.5 Å². The second-order valence-corrected chi connectivity index (χ2v) is 15.8. The predicted octanol–water partition coefficient (Wildman–Crippen LogP) is 9.45. The molecule has 0 spiro atoms. The highest BCUT2D eigenvalue weighted by Gasteiger charge is 2.44. The second kappa shape index (κ2) is 37.4. The van der Waals surface area contributed by atoms with E-state index in [1.165, 1.54) is 109 Å². The molecule has 0 bridgehead atoms. The molecule has 1 rings (SSSR count). The van der Waals surface area contributed by atoms with E-state index in [-0.39, 0.29) is 12.5 Å². The normalized spacial score (nSPS) is 21.6. The van der Waals surface area contributed by atoms with E-state index in [1.54, 1.807) is 6.08 Å². The third-order valence-electron chi connectivity index (χ3n) is 10.6. The molecule has 0 saturated carbocycles. The van der Waals surface area contributed by atoms with Gasteiger partial charge in [0.25, 0.3) is 0 Å². The highest BCUT2D eigenvalue weighted by Crippen LogP contribution is 2.22. The van der Waals surface area contributed by atoms with E-state index in [2.05, 4.69) is 55.6 Å². The molecule has 7 unspecified atom stereocenters. The molecule has 6 N–H and O–H groups in total. The number of hydrogen-bond acceptors (Lipinski definition) is 8. The maximum Gasteiger partial charge on any atom is 0.220 e. The first-order valence-electron chi connectivity index (χ1n) is 22.9. The summed E-state index contributed by atoms with van der Waals surface area (Å²) in [6.45, 7) is 3.72. The van der Waals surface area contributed by atoms with Gasteiger partial charge in [-0.05, 0) is 64.2 Å². The summed E-state index contributed by atoms with van der Waals surface area (Å²) in [6, 6.07) is -0.825. The highest BCUT2D eigenvalue weighted by atomic mass is 16.7. The van der Waals surface area contributed by atoms with Gasteiger partial charge in [-0.15, -0.1) is 0 Å². The first-order chi connectivity index (χ1) is 27.3. The molecule has 0 aromatic heterocycles. The first kappa shape index (κ1) is 52.2. The number of amides is 1. The van der Waals surface area contributed by atoms with E-state index in [9.17, 15) is 30.3 Å². The minimum absolute atomic E-state index is 0.197. The van der Waals surface area contributed by atoms with E-state index in [0.717, 1.165) is 57.8 Å². The number of allylic oxidation sites excluding steroid dienone is 7. The Morgan fingerprint density at radius 2 is 1.07 bits per heavy atom. The van der Waals surface area contributed by atoms with E-state index in [4.69, 9.17) is 9.47 Å². The monoisotopic (exact) mass is 792 g/mol. The summed E-state index contributed by atoms with van der Waals surface area (Å²) < 4.78 is 11.2. The number of carbonyl (C=O) groups excluding carboxylic acids is 1. The van der Waals surface area contributed by atoms with E-state index in [1.807, 2.05) is 6.08 Å². The zero-order valence-electron chi connectivity index (χ0n) is 35.6. The summed E-state index contributed by atoms with van der Waals surface area (Å²) in [5, 5.41) is 54.1. The van der Waals surface area contributed by atoms with Crippen LogP contribution in [0.25, 0.3) is 0 Å². The fourth-order valence-corrected chi connectivity index (χ4v) is 6.91. The lowest BCUT2D eigenvalue weighted by atomic mass is 9.99. The largest absolute Gasteiger partial charge is 0.394 e. The molecule has 1 aliphatic heterocycles. The Morgan fingerprint density at radius 1 is 0.607 bits per heavy atom. The molecule has 326 valence electrons. The van der Waals surface area contributed by atoms with Crippen LogP contribution < -0.4 is 5.32 Å². The average Bonchev–Trinajstić information content (AvgIpc) is 3.20. The smallest absolute Gasteiger partial charge is 0.220 e. The summed E-state index contributed by atoms with van der Waals surface area (Å²) in [5.74, 6) is -0.197. The van der Waals surface area contributed by atoms with Gasteiger partial charge < -0.3 is 40.3 Å². The van der Waals surface area contributed by atoms with Crippen molar-refractivity contribution in [3.05, 3.63) is 48.6 Å². The van der Waals surface area contributed by atoms with Crippen LogP contribution in [0.2, 0.25) is 0 Å². The molecule has 1 saturated heterocycles. The van der Waals surface area contributed by atoms with Gasteiger partial charge in [-0.25, -0.2) is 0 Å². The SMILES string of the molecule is CCCCCC/C=C\C/C=C\CCCCCCCCCC(=O)NC(COC1OC(CO)C(O)C(O)C1O)C(O)/C=C/CC/C=C/CCCCCCCCCCC. The second-order valence-electron chi connectivity index (χ2n) is 15.8. The van der Waals surface area contributed by atoms with Gasteiger partial charge in [0.05, 0.1) is 25.4 Å². The van der Waals surface area contributed by atoms with Crippen molar-refractivity contribution in [2.24, 2.45) is 0 Å². The van der Waals surface area contributed by atoms with Crippen molar-refractivity contribution in [2.45, 2.75) is 230 Å².